The monoisotopic (exact) mass is 283 g/mol. The molecule has 21 heavy (non-hydrogen) atoms. The Balaban J connectivity index is 2.18. The number of aryl methyl sites for hydroxylation is 1. The van der Waals surface area contributed by atoms with Gasteiger partial charge in [-0.2, -0.15) is 5.10 Å². The molecule has 0 unspecified atom stereocenters. The fourth-order valence-corrected chi connectivity index (χ4v) is 2.36. The van der Waals surface area contributed by atoms with Crippen LogP contribution in [0.25, 0.3) is 22.8 Å². The maximum atomic E-state index is 9.69. The number of hydrogen-bond acceptors (Lipinski definition) is 4. The third kappa shape index (κ3) is 2.57. The molecule has 0 spiro atoms. The van der Waals surface area contributed by atoms with Crippen LogP contribution in [-0.4, -0.2) is 35.5 Å². The lowest BCUT2D eigenvalue weighted by Crippen LogP contribution is -2.13. The van der Waals surface area contributed by atoms with E-state index in [0.717, 1.165) is 22.8 Å². The SMILES string of the molecule is C[C@@H](O)Cn1cnc(-c2ccccc2)c1-c1ncnn1C. The van der Waals surface area contributed by atoms with Crippen molar-refractivity contribution in [2.24, 2.45) is 7.05 Å². The van der Waals surface area contributed by atoms with Gasteiger partial charge >= 0.3 is 0 Å². The van der Waals surface area contributed by atoms with Crippen molar-refractivity contribution in [1.29, 1.82) is 0 Å². The molecular formula is C15H17N5O. The van der Waals surface area contributed by atoms with E-state index in [4.69, 9.17) is 0 Å². The van der Waals surface area contributed by atoms with E-state index in [1.54, 1.807) is 17.9 Å². The molecule has 2 aromatic heterocycles. The Labute approximate surface area is 122 Å². The number of benzene rings is 1. The van der Waals surface area contributed by atoms with Gasteiger partial charge in [-0.3, -0.25) is 0 Å². The van der Waals surface area contributed by atoms with Crippen molar-refractivity contribution in [3.63, 3.8) is 0 Å². The summed E-state index contributed by atoms with van der Waals surface area (Å²) in [7, 11) is 1.84. The van der Waals surface area contributed by atoms with Gasteiger partial charge in [0.05, 0.1) is 18.1 Å². The molecule has 0 saturated heterocycles. The Hall–Kier alpha value is -2.47. The van der Waals surface area contributed by atoms with Crippen molar-refractivity contribution < 1.29 is 5.11 Å². The summed E-state index contributed by atoms with van der Waals surface area (Å²) in [6, 6.07) is 9.94. The molecule has 1 aromatic carbocycles. The third-order valence-corrected chi connectivity index (χ3v) is 3.27. The van der Waals surface area contributed by atoms with Gasteiger partial charge in [0.15, 0.2) is 5.82 Å². The zero-order valence-electron chi connectivity index (χ0n) is 12.0. The Bertz CT molecular complexity index is 730. The number of aromatic nitrogens is 5. The summed E-state index contributed by atoms with van der Waals surface area (Å²) in [6.45, 7) is 2.21. The van der Waals surface area contributed by atoms with Crippen LogP contribution >= 0.6 is 0 Å². The van der Waals surface area contributed by atoms with Gasteiger partial charge < -0.3 is 9.67 Å². The van der Waals surface area contributed by atoms with Crippen LogP contribution in [0, 0.1) is 0 Å². The summed E-state index contributed by atoms with van der Waals surface area (Å²) < 4.78 is 3.62. The van der Waals surface area contributed by atoms with E-state index in [-0.39, 0.29) is 0 Å². The van der Waals surface area contributed by atoms with E-state index in [1.807, 2.05) is 41.9 Å². The molecule has 1 atom stereocenters. The van der Waals surface area contributed by atoms with E-state index in [9.17, 15) is 5.11 Å². The number of rotatable bonds is 4. The van der Waals surface area contributed by atoms with Gasteiger partial charge in [-0.05, 0) is 6.92 Å². The van der Waals surface area contributed by atoms with Crippen molar-refractivity contribution in [2.75, 3.05) is 0 Å². The second kappa shape index (κ2) is 5.49. The molecule has 3 rings (SSSR count). The molecular weight excluding hydrogens is 266 g/mol. The fourth-order valence-electron chi connectivity index (χ4n) is 2.36. The second-order valence-corrected chi connectivity index (χ2v) is 5.02. The molecule has 0 bridgehead atoms. The minimum atomic E-state index is -0.463. The first-order valence-corrected chi connectivity index (χ1v) is 6.80. The molecule has 0 aliphatic carbocycles. The van der Waals surface area contributed by atoms with Crippen molar-refractivity contribution in [2.45, 2.75) is 19.6 Å². The molecule has 6 nitrogen and oxygen atoms in total. The quantitative estimate of drug-likeness (QED) is 0.791. The Morgan fingerprint density at radius 2 is 1.95 bits per heavy atom. The maximum Gasteiger partial charge on any atom is 0.176 e. The van der Waals surface area contributed by atoms with E-state index < -0.39 is 6.10 Å². The van der Waals surface area contributed by atoms with Crippen LogP contribution in [0.4, 0.5) is 0 Å². The van der Waals surface area contributed by atoms with Crippen LogP contribution in [0.3, 0.4) is 0 Å². The van der Waals surface area contributed by atoms with Crippen molar-refractivity contribution in [1.82, 2.24) is 24.3 Å². The van der Waals surface area contributed by atoms with Crippen LogP contribution in [0.15, 0.2) is 43.0 Å². The summed E-state index contributed by atoms with van der Waals surface area (Å²) in [6.07, 6.45) is 2.79. The standard InChI is InChI=1S/C15H17N5O/c1-11(21)8-20-10-17-13(12-6-4-3-5-7-12)14(20)15-16-9-18-19(15)2/h3-7,9-11,21H,8H2,1-2H3/t11-/m1/s1. The third-order valence-electron chi connectivity index (χ3n) is 3.27. The second-order valence-electron chi connectivity index (χ2n) is 5.02. The minimum Gasteiger partial charge on any atom is -0.392 e. The normalized spacial score (nSPS) is 12.5. The number of nitrogens with zero attached hydrogens (tertiary/aromatic N) is 5. The maximum absolute atomic E-state index is 9.69. The number of hydrogen-bond donors (Lipinski definition) is 1. The highest BCUT2D eigenvalue weighted by Crippen LogP contribution is 2.29. The Kier molecular flexibility index (Phi) is 3.53. The molecule has 6 heteroatoms. The lowest BCUT2D eigenvalue weighted by molar-refractivity contribution is 0.174. The smallest absolute Gasteiger partial charge is 0.176 e. The summed E-state index contributed by atoms with van der Waals surface area (Å²) in [5, 5.41) is 13.8. The Morgan fingerprint density at radius 3 is 2.57 bits per heavy atom. The van der Waals surface area contributed by atoms with Crippen molar-refractivity contribution in [3.8, 4) is 22.8 Å². The van der Waals surface area contributed by atoms with Crippen LogP contribution in [0.1, 0.15) is 6.92 Å². The predicted octanol–water partition coefficient (Wildman–Crippen LogP) is 1.73. The number of aliphatic hydroxyl groups excluding tert-OH is 1. The van der Waals surface area contributed by atoms with Gasteiger partial charge in [0.1, 0.15) is 12.0 Å². The average Bonchev–Trinajstić information content (AvgIpc) is 3.05. The predicted molar refractivity (Wildman–Crippen MR) is 79.3 cm³/mol. The van der Waals surface area contributed by atoms with Crippen molar-refractivity contribution >= 4 is 0 Å². The highest BCUT2D eigenvalue weighted by Gasteiger charge is 2.19. The molecule has 0 radical (unpaired) electrons. The molecule has 0 saturated carbocycles. The number of aliphatic hydroxyl groups is 1. The lowest BCUT2D eigenvalue weighted by Gasteiger charge is -2.11. The van der Waals surface area contributed by atoms with Gasteiger partial charge in [-0.1, -0.05) is 30.3 Å². The lowest BCUT2D eigenvalue weighted by atomic mass is 10.1. The first-order valence-electron chi connectivity index (χ1n) is 6.80. The molecule has 0 fully saturated rings. The summed E-state index contributed by atoms with van der Waals surface area (Å²) in [4.78, 5) is 8.83. The van der Waals surface area contributed by atoms with Crippen LogP contribution < -0.4 is 0 Å². The van der Waals surface area contributed by atoms with Gasteiger partial charge in [0.25, 0.3) is 0 Å². The largest absolute Gasteiger partial charge is 0.392 e. The van der Waals surface area contributed by atoms with Crippen LogP contribution in [0.2, 0.25) is 0 Å². The zero-order chi connectivity index (χ0) is 14.8. The molecule has 0 aliphatic heterocycles. The molecule has 108 valence electrons. The van der Waals surface area contributed by atoms with Crippen LogP contribution in [-0.2, 0) is 13.6 Å². The van der Waals surface area contributed by atoms with Gasteiger partial charge in [0, 0.05) is 19.2 Å². The zero-order valence-corrected chi connectivity index (χ0v) is 12.0. The van der Waals surface area contributed by atoms with E-state index in [2.05, 4.69) is 15.1 Å². The van der Waals surface area contributed by atoms with E-state index >= 15 is 0 Å². The van der Waals surface area contributed by atoms with Gasteiger partial charge in [-0.15, -0.1) is 0 Å². The van der Waals surface area contributed by atoms with E-state index in [0.29, 0.717) is 6.54 Å². The summed E-state index contributed by atoms with van der Waals surface area (Å²) >= 11 is 0. The molecule has 2 heterocycles. The fraction of sp³-hybridized carbons (Fsp3) is 0.267. The summed E-state index contributed by atoms with van der Waals surface area (Å²) in [5.74, 6) is 0.729. The average molecular weight is 283 g/mol. The van der Waals surface area contributed by atoms with Gasteiger partial charge in [0.2, 0.25) is 0 Å². The highest BCUT2D eigenvalue weighted by molar-refractivity contribution is 5.75. The first kappa shape index (κ1) is 13.5. The van der Waals surface area contributed by atoms with Crippen molar-refractivity contribution in [3.05, 3.63) is 43.0 Å². The number of imidazole rings is 1. The topological polar surface area (TPSA) is 68.8 Å². The summed E-state index contributed by atoms with van der Waals surface area (Å²) in [5.41, 5.74) is 2.72. The van der Waals surface area contributed by atoms with Crippen LogP contribution in [0.5, 0.6) is 0 Å². The Morgan fingerprint density at radius 1 is 1.19 bits per heavy atom. The first-order chi connectivity index (χ1) is 10.2. The van der Waals surface area contributed by atoms with Gasteiger partial charge in [-0.25, -0.2) is 14.6 Å². The molecule has 1 N–H and O–H groups in total. The minimum absolute atomic E-state index is 0.460. The molecule has 0 amide bonds. The molecule has 0 aliphatic rings. The molecule has 3 aromatic rings. The van der Waals surface area contributed by atoms with E-state index in [1.165, 1.54) is 6.33 Å². The highest BCUT2D eigenvalue weighted by atomic mass is 16.3.